The fourth-order valence-electron chi connectivity index (χ4n) is 1.93. The molecular formula is C13H19N3O2. The lowest BCUT2D eigenvalue weighted by Crippen LogP contribution is -2.18. The molecule has 0 saturated carbocycles. The quantitative estimate of drug-likeness (QED) is 0.882. The molecule has 98 valence electrons. The van der Waals surface area contributed by atoms with Crippen LogP contribution in [0.4, 0.5) is 0 Å². The van der Waals surface area contributed by atoms with Gasteiger partial charge in [-0.2, -0.15) is 0 Å². The van der Waals surface area contributed by atoms with E-state index in [9.17, 15) is 0 Å². The highest BCUT2D eigenvalue weighted by Gasteiger charge is 2.13. The summed E-state index contributed by atoms with van der Waals surface area (Å²) in [7, 11) is 0. The van der Waals surface area contributed by atoms with Crippen molar-refractivity contribution in [3.63, 3.8) is 0 Å². The number of hydrogen-bond acceptors (Lipinski definition) is 5. The fraction of sp³-hybridized carbons (Fsp3) is 0.538. The average Bonchev–Trinajstić information content (AvgIpc) is 2.92. The van der Waals surface area contributed by atoms with Crippen molar-refractivity contribution >= 4 is 0 Å². The Balaban J connectivity index is 1.95. The molecule has 2 aromatic rings. The van der Waals surface area contributed by atoms with E-state index in [0.717, 1.165) is 17.9 Å². The highest BCUT2D eigenvalue weighted by atomic mass is 16.4. The molecule has 0 fully saturated rings. The number of nitrogens with one attached hydrogen (secondary N) is 1. The molecule has 1 N–H and O–H groups in total. The van der Waals surface area contributed by atoms with Crippen LogP contribution in [0.15, 0.2) is 14.9 Å². The Morgan fingerprint density at radius 2 is 1.94 bits per heavy atom. The lowest BCUT2D eigenvalue weighted by atomic mass is 10.1. The highest BCUT2D eigenvalue weighted by molar-refractivity contribution is 5.23. The molecule has 0 radical (unpaired) electrons. The van der Waals surface area contributed by atoms with Gasteiger partial charge in [0.1, 0.15) is 11.5 Å². The Morgan fingerprint density at radius 1 is 1.22 bits per heavy atom. The third kappa shape index (κ3) is 2.79. The molecule has 1 atom stereocenters. The third-order valence-electron chi connectivity index (χ3n) is 2.92. The molecule has 0 aliphatic heterocycles. The first-order chi connectivity index (χ1) is 8.60. The van der Waals surface area contributed by atoms with Gasteiger partial charge in [0.05, 0.1) is 6.54 Å². The van der Waals surface area contributed by atoms with Gasteiger partial charge in [-0.25, -0.2) is 0 Å². The lowest BCUT2D eigenvalue weighted by Gasteiger charge is -2.10. The van der Waals surface area contributed by atoms with Gasteiger partial charge in [0.25, 0.3) is 0 Å². The molecule has 0 saturated heterocycles. The Bertz CT molecular complexity index is 516. The van der Waals surface area contributed by atoms with Gasteiger partial charge in [0, 0.05) is 18.0 Å². The third-order valence-corrected chi connectivity index (χ3v) is 2.92. The smallest absolute Gasteiger partial charge is 0.230 e. The molecule has 0 aliphatic carbocycles. The molecule has 5 nitrogen and oxygen atoms in total. The predicted octanol–water partition coefficient (Wildman–Crippen LogP) is 2.69. The molecule has 0 aliphatic rings. The standard InChI is InChI=1S/C13H19N3O2/c1-5-12-15-16-13(18-12)7-14-9(3)11-6-8(2)17-10(11)4/h6,9,14H,5,7H2,1-4H3/t9-/m1/s1. The first-order valence-electron chi connectivity index (χ1n) is 6.21. The van der Waals surface area contributed by atoms with E-state index in [-0.39, 0.29) is 6.04 Å². The molecule has 2 aromatic heterocycles. The summed E-state index contributed by atoms with van der Waals surface area (Å²) in [5.74, 6) is 3.18. The second-order valence-corrected chi connectivity index (χ2v) is 4.41. The zero-order chi connectivity index (χ0) is 13.1. The van der Waals surface area contributed by atoms with Crippen LogP contribution in [0.3, 0.4) is 0 Å². The molecule has 0 bridgehead atoms. The summed E-state index contributed by atoms with van der Waals surface area (Å²) in [5.41, 5.74) is 1.17. The fourth-order valence-corrected chi connectivity index (χ4v) is 1.93. The van der Waals surface area contributed by atoms with Crippen molar-refractivity contribution in [1.29, 1.82) is 0 Å². The van der Waals surface area contributed by atoms with E-state index in [4.69, 9.17) is 8.83 Å². The number of aromatic nitrogens is 2. The zero-order valence-electron chi connectivity index (χ0n) is 11.3. The predicted molar refractivity (Wildman–Crippen MR) is 67.1 cm³/mol. The molecule has 0 amide bonds. The van der Waals surface area contributed by atoms with Crippen LogP contribution in [0.1, 0.15) is 48.8 Å². The summed E-state index contributed by atoms with van der Waals surface area (Å²) < 4.78 is 11.0. The molecule has 0 unspecified atom stereocenters. The van der Waals surface area contributed by atoms with E-state index >= 15 is 0 Å². The van der Waals surface area contributed by atoms with Gasteiger partial charge < -0.3 is 14.2 Å². The van der Waals surface area contributed by atoms with Crippen LogP contribution in [-0.4, -0.2) is 10.2 Å². The minimum absolute atomic E-state index is 0.194. The van der Waals surface area contributed by atoms with E-state index < -0.39 is 0 Å². The average molecular weight is 249 g/mol. The minimum atomic E-state index is 0.194. The molecule has 5 heteroatoms. The molecular weight excluding hydrogens is 230 g/mol. The van der Waals surface area contributed by atoms with Gasteiger partial charge in [0.15, 0.2) is 0 Å². The number of rotatable bonds is 5. The Hall–Kier alpha value is -1.62. The van der Waals surface area contributed by atoms with Crippen LogP contribution in [-0.2, 0) is 13.0 Å². The van der Waals surface area contributed by atoms with Crippen molar-refractivity contribution in [3.8, 4) is 0 Å². The van der Waals surface area contributed by atoms with Crippen LogP contribution in [0.5, 0.6) is 0 Å². The van der Waals surface area contributed by atoms with Gasteiger partial charge in [0.2, 0.25) is 11.8 Å². The van der Waals surface area contributed by atoms with E-state index in [1.54, 1.807) is 0 Å². The molecule has 0 spiro atoms. The Labute approximate surface area is 107 Å². The maximum Gasteiger partial charge on any atom is 0.230 e. The first kappa shape index (κ1) is 12.8. The van der Waals surface area contributed by atoms with Gasteiger partial charge in [-0.05, 0) is 26.8 Å². The second-order valence-electron chi connectivity index (χ2n) is 4.41. The van der Waals surface area contributed by atoms with Crippen molar-refractivity contribution < 1.29 is 8.83 Å². The number of hydrogen-bond donors (Lipinski definition) is 1. The summed E-state index contributed by atoms with van der Waals surface area (Å²) in [5, 5.41) is 11.3. The normalized spacial score (nSPS) is 12.9. The van der Waals surface area contributed by atoms with Gasteiger partial charge in [-0.1, -0.05) is 6.92 Å². The highest BCUT2D eigenvalue weighted by Crippen LogP contribution is 2.21. The lowest BCUT2D eigenvalue weighted by molar-refractivity contribution is 0.419. The first-order valence-corrected chi connectivity index (χ1v) is 6.21. The summed E-state index contributed by atoms with van der Waals surface area (Å²) in [4.78, 5) is 0. The number of nitrogens with zero attached hydrogens (tertiary/aromatic N) is 2. The Morgan fingerprint density at radius 3 is 2.50 bits per heavy atom. The summed E-state index contributed by atoms with van der Waals surface area (Å²) >= 11 is 0. The zero-order valence-corrected chi connectivity index (χ0v) is 11.3. The number of furan rings is 1. The van der Waals surface area contributed by atoms with Crippen molar-refractivity contribution in [1.82, 2.24) is 15.5 Å². The van der Waals surface area contributed by atoms with Gasteiger partial charge in [-0.3, -0.25) is 0 Å². The van der Waals surface area contributed by atoms with E-state index in [1.807, 2.05) is 20.8 Å². The van der Waals surface area contributed by atoms with E-state index in [0.29, 0.717) is 18.3 Å². The van der Waals surface area contributed by atoms with Gasteiger partial charge >= 0.3 is 0 Å². The van der Waals surface area contributed by atoms with E-state index in [2.05, 4.69) is 28.5 Å². The number of aryl methyl sites for hydroxylation is 3. The molecule has 18 heavy (non-hydrogen) atoms. The van der Waals surface area contributed by atoms with Crippen LogP contribution in [0.25, 0.3) is 0 Å². The van der Waals surface area contributed by atoms with Gasteiger partial charge in [-0.15, -0.1) is 10.2 Å². The van der Waals surface area contributed by atoms with E-state index in [1.165, 1.54) is 5.56 Å². The molecule has 2 heterocycles. The summed E-state index contributed by atoms with van der Waals surface area (Å²) in [6, 6.07) is 2.25. The van der Waals surface area contributed by atoms with Crippen molar-refractivity contribution in [2.24, 2.45) is 0 Å². The monoisotopic (exact) mass is 249 g/mol. The maximum absolute atomic E-state index is 5.52. The largest absolute Gasteiger partial charge is 0.466 e. The molecule has 2 rings (SSSR count). The van der Waals surface area contributed by atoms with Crippen LogP contribution < -0.4 is 5.32 Å². The second kappa shape index (κ2) is 5.35. The summed E-state index contributed by atoms with van der Waals surface area (Å²) in [6.07, 6.45) is 0.766. The topological polar surface area (TPSA) is 64.1 Å². The van der Waals surface area contributed by atoms with Crippen molar-refractivity contribution in [3.05, 3.63) is 34.9 Å². The van der Waals surface area contributed by atoms with Crippen molar-refractivity contribution in [2.75, 3.05) is 0 Å². The van der Waals surface area contributed by atoms with Crippen LogP contribution in [0.2, 0.25) is 0 Å². The van der Waals surface area contributed by atoms with Crippen LogP contribution >= 0.6 is 0 Å². The van der Waals surface area contributed by atoms with Crippen molar-refractivity contribution in [2.45, 2.75) is 46.7 Å². The van der Waals surface area contributed by atoms with Crippen LogP contribution in [0, 0.1) is 13.8 Å². The SMILES string of the molecule is CCc1nnc(CN[C@H](C)c2cc(C)oc2C)o1. The molecule has 0 aromatic carbocycles. The maximum atomic E-state index is 5.52. The Kier molecular flexibility index (Phi) is 3.81. The summed E-state index contributed by atoms with van der Waals surface area (Å²) in [6.45, 7) is 8.58. The minimum Gasteiger partial charge on any atom is -0.466 e.